The van der Waals surface area contributed by atoms with Gasteiger partial charge in [0.25, 0.3) is 11.8 Å². The Bertz CT molecular complexity index is 1050. The third kappa shape index (κ3) is 2.62. The van der Waals surface area contributed by atoms with Gasteiger partial charge < -0.3 is 20.5 Å². The average Bonchev–Trinajstić information content (AvgIpc) is 3.22. The van der Waals surface area contributed by atoms with Crippen LogP contribution in [0.1, 0.15) is 26.7 Å². The minimum absolute atomic E-state index is 0.0116. The van der Waals surface area contributed by atoms with Gasteiger partial charge in [-0.05, 0) is 6.07 Å². The van der Waals surface area contributed by atoms with E-state index in [4.69, 9.17) is 0 Å². The van der Waals surface area contributed by atoms with Crippen molar-refractivity contribution in [2.24, 2.45) is 0 Å². The molecule has 0 aliphatic carbocycles. The highest BCUT2D eigenvalue weighted by Crippen LogP contribution is 2.27. The number of carbonyl (C=O) groups excluding carboxylic acids is 3. The molecule has 3 N–H and O–H groups in total. The smallest absolute Gasteiger partial charge is 0.287 e. The molecule has 0 unspecified atom stereocenters. The van der Waals surface area contributed by atoms with E-state index in [0.717, 1.165) is 10.1 Å². The van der Waals surface area contributed by atoms with Gasteiger partial charge in [-0.15, -0.1) is 11.3 Å². The molecule has 0 fully saturated rings. The summed E-state index contributed by atoms with van der Waals surface area (Å²) in [6.45, 7) is 0.186. The SMILES string of the molecule is CNC(=O)c1nc(NC(=O)c2csc3ccccc23)c2n1CC(=O)NC2. The monoisotopic (exact) mass is 369 g/mol. The largest absolute Gasteiger partial charge is 0.352 e. The molecule has 9 heteroatoms. The molecule has 0 radical (unpaired) electrons. The Balaban J connectivity index is 1.71. The fraction of sp³-hybridized carbons (Fsp3) is 0.176. The molecule has 0 spiro atoms. The van der Waals surface area contributed by atoms with Gasteiger partial charge in [0.1, 0.15) is 6.54 Å². The Hall–Kier alpha value is -3.20. The number of thiophene rings is 1. The van der Waals surface area contributed by atoms with E-state index in [-0.39, 0.29) is 36.5 Å². The van der Waals surface area contributed by atoms with Gasteiger partial charge in [-0.25, -0.2) is 4.98 Å². The van der Waals surface area contributed by atoms with Gasteiger partial charge in [0.15, 0.2) is 5.82 Å². The summed E-state index contributed by atoms with van der Waals surface area (Å²) >= 11 is 1.49. The third-order valence-electron chi connectivity index (χ3n) is 4.21. The van der Waals surface area contributed by atoms with Crippen LogP contribution in [0.4, 0.5) is 5.82 Å². The number of hydrogen-bond acceptors (Lipinski definition) is 5. The van der Waals surface area contributed by atoms with Crippen LogP contribution in [0.5, 0.6) is 0 Å². The third-order valence-corrected chi connectivity index (χ3v) is 5.18. The molecule has 3 heterocycles. The first kappa shape index (κ1) is 16.3. The second-order valence-electron chi connectivity index (χ2n) is 5.77. The number of nitrogens with zero attached hydrogens (tertiary/aromatic N) is 2. The summed E-state index contributed by atoms with van der Waals surface area (Å²) in [4.78, 5) is 40.7. The number of hydrogen-bond donors (Lipinski definition) is 3. The molecule has 2 aromatic heterocycles. The molecule has 1 aliphatic rings. The van der Waals surface area contributed by atoms with Crippen LogP contribution in [0, 0.1) is 0 Å². The fourth-order valence-electron chi connectivity index (χ4n) is 2.93. The molecular weight excluding hydrogens is 354 g/mol. The lowest BCUT2D eigenvalue weighted by Crippen LogP contribution is -2.36. The summed E-state index contributed by atoms with van der Waals surface area (Å²) in [7, 11) is 1.49. The van der Waals surface area contributed by atoms with Crippen molar-refractivity contribution in [2.75, 3.05) is 12.4 Å². The molecule has 26 heavy (non-hydrogen) atoms. The van der Waals surface area contributed by atoms with Gasteiger partial charge in [0, 0.05) is 22.5 Å². The van der Waals surface area contributed by atoms with Crippen LogP contribution in [0.2, 0.25) is 0 Å². The molecule has 8 nitrogen and oxygen atoms in total. The van der Waals surface area contributed by atoms with Gasteiger partial charge in [-0.2, -0.15) is 0 Å². The van der Waals surface area contributed by atoms with Crippen molar-refractivity contribution in [3.63, 3.8) is 0 Å². The summed E-state index contributed by atoms with van der Waals surface area (Å²) in [5.74, 6) is -0.542. The van der Waals surface area contributed by atoms with Crippen LogP contribution in [-0.4, -0.2) is 34.3 Å². The lowest BCUT2D eigenvalue weighted by molar-refractivity contribution is -0.122. The van der Waals surface area contributed by atoms with Crippen molar-refractivity contribution < 1.29 is 14.4 Å². The van der Waals surface area contributed by atoms with E-state index in [1.54, 1.807) is 5.38 Å². The molecule has 0 saturated heterocycles. The van der Waals surface area contributed by atoms with E-state index < -0.39 is 5.91 Å². The minimum atomic E-state index is -0.414. The van der Waals surface area contributed by atoms with E-state index in [1.807, 2.05) is 24.3 Å². The zero-order valence-electron chi connectivity index (χ0n) is 13.8. The summed E-state index contributed by atoms with van der Waals surface area (Å²) in [6.07, 6.45) is 0. The van der Waals surface area contributed by atoms with Crippen LogP contribution >= 0.6 is 11.3 Å². The van der Waals surface area contributed by atoms with Gasteiger partial charge in [0.2, 0.25) is 11.7 Å². The molecule has 3 aromatic rings. The number of nitrogens with one attached hydrogen (secondary N) is 3. The van der Waals surface area contributed by atoms with Crippen LogP contribution in [0.3, 0.4) is 0 Å². The van der Waals surface area contributed by atoms with Gasteiger partial charge in [-0.1, -0.05) is 18.2 Å². The summed E-state index contributed by atoms with van der Waals surface area (Å²) in [5.41, 5.74) is 1.14. The highest BCUT2D eigenvalue weighted by molar-refractivity contribution is 7.17. The van der Waals surface area contributed by atoms with E-state index >= 15 is 0 Å². The van der Waals surface area contributed by atoms with E-state index in [0.29, 0.717) is 11.3 Å². The number of imidazole rings is 1. The molecule has 132 valence electrons. The van der Waals surface area contributed by atoms with Crippen molar-refractivity contribution in [1.29, 1.82) is 0 Å². The van der Waals surface area contributed by atoms with Crippen LogP contribution in [-0.2, 0) is 17.9 Å². The van der Waals surface area contributed by atoms with E-state index in [1.165, 1.54) is 23.0 Å². The second-order valence-corrected chi connectivity index (χ2v) is 6.68. The zero-order chi connectivity index (χ0) is 18.3. The first-order valence-corrected chi connectivity index (χ1v) is 8.82. The number of anilines is 1. The predicted octanol–water partition coefficient (Wildman–Crippen LogP) is 1.34. The Kier molecular flexibility index (Phi) is 3.92. The maximum absolute atomic E-state index is 12.7. The lowest BCUT2D eigenvalue weighted by Gasteiger charge is -2.17. The predicted molar refractivity (Wildman–Crippen MR) is 97.2 cm³/mol. The van der Waals surface area contributed by atoms with Crippen LogP contribution in [0.25, 0.3) is 10.1 Å². The first-order chi connectivity index (χ1) is 12.6. The van der Waals surface area contributed by atoms with Crippen molar-refractivity contribution in [1.82, 2.24) is 20.2 Å². The number of carbonyl (C=O) groups is 3. The first-order valence-electron chi connectivity index (χ1n) is 7.94. The molecule has 3 amide bonds. The van der Waals surface area contributed by atoms with Crippen molar-refractivity contribution in [2.45, 2.75) is 13.1 Å². The van der Waals surface area contributed by atoms with Crippen molar-refractivity contribution in [3.8, 4) is 0 Å². The summed E-state index contributed by atoms with van der Waals surface area (Å²) in [6, 6.07) is 7.64. The average molecular weight is 369 g/mol. The molecule has 1 aliphatic heterocycles. The summed E-state index contributed by atoms with van der Waals surface area (Å²) in [5, 5.41) is 10.6. The van der Waals surface area contributed by atoms with E-state index in [2.05, 4.69) is 20.9 Å². The van der Waals surface area contributed by atoms with Crippen molar-refractivity contribution >= 4 is 45.0 Å². The Morgan fingerprint density at radius 2 is 2.08 bits per heavy atom. The molecule has 0 atom stereocenters. The normalized spacial score (nSPS) is 13.2. The molecule has 0 saturated carbocycles. The molecule has 4 rings (SSSR count). The Morgan fingerprint density at radius 1 is 1.27 bits per heavy atom. The van der Waals surface area contributed by atoms with Gasteiger partial charge in [0.05, 0.1) is 17.8 Å². The quantitative estimate of drug-likeness (QED) is 0.648. The lowest BCUT2D eigenvalue weighted by atomic mass is 10.1. The number of fused-ring (bicyclic) bond motifs is 2. The molecular formula is C17H15N5O3S. The maximum atomic E-state index is 12.7. The summed E-state index contributed by atoms with van der Waals surface area (Å²) < 4.78 is 2.54. The van der Waals surface area contributed by atoms with Crippen LogP contribution < -0.4 is 16.0 Å². The zero-order valence-corrected chi connectivity index (χ0v) is 14.6. The Morgan fingerprint density at radius 3 is 2.88 bits per heavy atom. The number of amides is 3. The number of aromatic nitrogens is 2. The number of rotatable bonds is 3. The van der Waals surface area contributed by atoms with Gasteiger partial charge >= 0.3 is 0 Å². The van der Waals surface area contributed by atoms with Gasteiger partial charge in [-0.3, -0.25) is 14.4 Å². The van der Waals surface area contributed by atoms with Crippen molar-refractivity contribution in [3.05, 3.63) is 46.7 Å². The second kappa shape index (κ2) is 6.26. The topological polar surface area (TPSA) is 105 Å². The minimum Gasteiger partial charge on any atom is -0.352 e. The highest BCUT2D eigenvalue weighted by Gasteiger charge is 2.27. The molecule has 0 bridgehead atoms. The molecule has 1 aromatic carbocycles. The Labute approximate surface area is 152 Å². The maximum Gasteiger partial charge on any atom is 0.287 e. The standard InChI is InChI=1S/C17H15N5O3S/c1-18-17(25)15-20-14(11-6-19-13(23)7-22(11)15)21-16(24)10-8-26-12-5-3-2-4-9(10)12/h2-5,8H,6-7H2,1H3,(H,18,25)(H,19,23)(H,21,24). The fourth-order valence-corrected chi connectivity index (χ4v) is 3.87. The number of benzene rings is 1. The highest BCUT2D eigenvalue weighted by atomic mass is 32.1. The van der Waals surface area contributed by atoms with Crippen LogP contribution in [0.15, 0.2) is 29.6 Å². The van der Waals surface area contributed by atoms with E-state index in [9.17, 15) is 14.4 Å².